The van der Waals surface area contributed by atoms with Gasteiger partial charge in [-0.1, -0.05) is 18.2 Å². The number of anilines is 1. The van der Waals surface area contributed by atoms with E-state index in [2.05, 4.69) is 20.4 Å². The minimum absolute atomic E-state index is 0.0220. The molecule has 0 aliphatic heterocycles. The lowest BCUT2D eigenvalue weighted by Gasteiger charge is -2.11. The molecule has 0 saturated heterocycles. The van der Waals surface area contributed by atoms with E-state index in [4.69, 9.17) is 9.84 Å². The number of nitrogens with one attached hydrogen (secondary N) is 1. The third-order valence-electron chi connectivity index (χ3n) is 4.28. The van der Waals surface area contributed by atoms with Crippen LogP contribution in [0.3, 0.4) is 0 Å². The van der Waals surface area contributed by atoms with Gasteiger partial charge in [-0.3, -0.25) is 4.79 Å². The monoisotopic (exact) mass is 405 g/mol. The molecule has 0 fully saturated rings. The van der Waals surface area contributed by atoms with Gasteiger partial charge in [-0.05, 0) is 36.4 Å². The number of aliphatic hydroxyl groups excluding tert-OH is 2. The second-order valence-electron chi connectivity index (χ2n) is 6.48. The van der Waals surface area contributed by atoms with E-state index in [1.54, 1.807) is 54.7 Å². The second kappa shape index (κ2) is 8.68. The number of carbonyl (C=O) groups excluding carboxylic acids is 1. The average molecular weight is 405 g/mol. The zero-order chi connectivity index (χ0) is 20.9. The third-order valence-corrected chi connectivity index (χ3v) is 4.28. The number of rotatable bonds is 7. The van der Waals surface area contributed by atoms with Gasteiger partial charge in [0.25, 0.3) is 5.91 Å². The lowest BCUT2D eigenvalue weighted by Crippen LogP contribution is -2.21. The molecule has 9 nitrogen and oxygen atoms in total. The van der Waals surface area contributed by atoms with Crippen molar-refractivity contribution in [3.05, 3.63) is 72.7 Å². The Kier molecular flexibility index (Phi) is 5.64. The van der Waals surface area contributed by atoms with Crippen molar-refractivity contribution in [1.82, 2.24) is 19.6 Å². The number of carbonyl (C=O) groups is 1. The third kappa shape index (κ3) is 4.27. The van der Waals surface area contributed by atoms with Gasteiger partial charge in [0, 0.05) is 11.8 Å². The van der Waals surface area contributed by atoms with Gasteiger partial charge in [0.1, 0.15) is 24.3 Å². The number of aromatic nitrogens is 4. The van der Waals surface area contributed by atoms with Crippen molar-refractivity contribution in [2.75, 3.05) is 18.5 Å². The van der Waals surface area contributed by atoms with Crippen molar-refractivity contribution in [3.8, 4) is 17.0 Å². The number of imidazole rings is 1. The molecule has 3 N–H and O–H groups in total. The molecule has 3 heterocycles. The van der Waals surface area contributed by atoms with Gasteiger partial charge in [-0.15, -0.1) is 0 Å². The van der Waals surface area contributed by atoms with Crippen LogP contribution in [0.1, 0.15) is 10.5 Å². The van der Waals surface area contributed by atoms with E-state index >= 15 is 0 Å². The molecule has 30 heavy (non-hydrogen) atoms. The molecule has 3 aromatic heterocycles. The molecule has 9 heteroatoms. The molecule has 0 aliphatic rings. The van der Waals surface area contributed by atoms with Gasteiger partial charge in [0.05, 0.1) is 18.5 Å². The summed E-state index contributed by atoms with van der Waals surface area (Å²) < 4.78 is 6.96. The molecular weight excluding hydrogens is 386 g/mol. The average Bonchev–Trinajstić information content (AvgIpc) is 3.22. The van der Waals surface area contributed by atoms with E-state index in [1.807, 2.05) is 6.07 Å². The Morgan fingerprint density at radius 3 is 2.83 bits per heavy atom. The molecule has 1 amide bonds. The number of fused-ring (bicyclic) bond motifs is 1. The van der Waals surface area contributed by atoms with E-state index < -0.39 is 6.10 Å². The fourth-order valence-corrected chi connectivity index (χ4v) is 2.79. The highest BCUT2D eigenvalue weighted by molar-refractivity contribution is 6.02. The highest BCUT2D eigenvalue weighted by Crippen LogP contribution is 2.23. The predicted octanol–water partition coefficient (Wildman–Crippen LogP) is 1.78. The number of ether oxygens (including phenoxy) is 1. The van der Waals surface area contributed by atoms with E-state index in [-0.39, 0.29) is 24.8 Å². The zero-order valence-electron chi connectivity index (χ0n) is 15.8. The summed E-state index contributed by atoms with van der Waals surface area (Å²) in [4.78, 5) is 21.0. The number of benzene rings is 1. The fourth-order valence-electron chi connectivity index (χ4n) is 2.79. The Balaban J connectivity index is 1.60. The summed E-state index contributed by atoms with van der Waals surface area (Å²) in [7, 11) is 0. The largest absolute Gasteiger partial charge is 0.491 e. The molecule has 1 aromatic carbocycles. The van der Waals surface area contributed by atoms with Crippen LogP contribution in [0.25, 0.3) is 16.9 Å². The highest BCUT2D eigenvalue weighted by Gasteiger charge is 2.15. The standard InChI is InChI=1S/C21H19N5O4/c27-12-15(28)13-30-16-5-3-4-14(10-16)17-7-8-20-23-11-18(26(20)25-17)21(29)24-19-6-1-2-9-22-19/h1-11,15,27-28H,12-13H2,(H,22,24,29)/t15-/m1/s1. The van der Waals surface area contributed by atoms with Crippen LogP contribution in [-0.2, 0) is 0 Å². The normalized spacial score (nSPS) is 11.9. The van der Waals surface area contributed by atoms with Crippen molar-refractivity contribution >= 4 is 17.4 Å². The van der Waals surface area contributed by atoms with Crippen LogP contribution < -0.4 is 10.1 Å². The van der Waals surface area contributed by atoms with Crippen LogP contribution in [0.4, 0.5) is 5.82 Å². The minimum Gasteiger partial charge on any atom is -0.491 e. The van der Waals surface area contributed by atoms with Gasteiger partial charge in [-0.2, -0.15) is 5.10 Å². The molecule has 4 aromatic rings. The molecule has 0 bridgehead atoms. The number of pyridine rings is 1. The fraction of sp³-hybridized carbons (Fsp3) is 0.143. The van der Waals surface area contributed by atoms with Crippen molar-refractivity contribution in [1.29, 1.82) is 0 Å². The number of aliphatic hydroxyl groups is 2. The quantitative estimate of drug-likeness (QED) is 0.428. The summed E-state index contributed by atoms with van der Waals surface area (Å²) in [5.41, 5.74) is 2.18. The molecular formula is C21H19N5O4. The van der Waals surface area contributed by atoms with Gasteiger partial charge in [0.2, 0.25) is 0 Å². The summed E-state index contributed by atoms with van der Waals surface area (Å²) in [6.07, 6.45) is 2.10. The van der Waals surface area contributed by atoms with E-state index in [9.17, 15) is 9.90 Å². The molecule has 0 unspecified atom stereocenters. The summed E-state index contributed by atoms with van der Waals surface area (Å²) in [6.45, 7) is -0.395. The molecule has 4 rings (SSSR count). The van der Waals surface area contributed by atoms with Crippen molar-refractivity contribution in [3.63, 3.8) is 0 Å². The van der Waals surface area contributed by atoms with Crippen LogP contribution in [0.15, 0.2) is 67.0 Å². The van der Waals surface area contributed by atoms with Gasteiger partial charge < -0.3 is 20.3 Å². The Bertz CT molecular complexity index is 1160. The highest BCUT2D eigenvalue weighted by atomic mass is 16.5. The van der Waals surface area contributed by atoms with Crippen LogP contribution >= 0.6 is 0 Å². The first-order chi connectivity index (χ1) is 14.6. The molecule has 0 spiro atoms. The first kappa shape index (κ1) is 19.5. The number of nitrogens with zero attached hydrogens (tertiary/aromatic N) is 4. The minimum atomic E-state index is -0.950. The topological polar surface area (TPSA) is 122 Å². The summed E-state index contributed by atoms with van der Waals surface area (Å²) >= 11 is 0. The number of hydrogen-bond donors (Lipinski definition) is 3. The van der Waals surface area contributed by atoms with Crippen LogP contribution in [0, 0.1) is 0 Å². The lowest BCUT2D eigenvalue weighted by molar-refractivity contribution is 0.0536. The van der Waals surface area contributed by atoms with E-state index in [0.717, 1.165) is 5.56 Å². The Morgan fingerprint density at radius 2 is 2.03 bits per heavy atom. The van der Waals surface area contributed by atoms with Crippen LogP contribution in [0.5, 0.6) is 5.75 Å². The van der Waals surface area contributed by atoms with Crippen molar-refractivity contribution in [2.45, 2.75) is 6.10 Å². The molecule has 152 valence electrons. The number of amides is 1. The van der Waals surface area contributed by atoms with Crippen molar-refractivity contribution in [2.24, 2.45) is 0 Å². The molecule has 0 saturated carbocycles. The van der Waals surface area contributed by atoms with Crippen molar-refractivity contribution < 1.29 is 19.7 Å². The zero-order valence-corrected chi connectivity index (χ0v) is 15.8. The Hall–Kier alpha value is -3.82. The van der Waals surface area contributed by atoms with Gasteiger partial charge in [-0.25, -0.2) is 14.5 Å². The van der Waals surface area contributed by atoms with Gasteiger partial charge >= 0.3 is 0 Å². The van der Waals surface area contributed by atoms with E-state index in [0.29, 0.717) is 22.9 Å². The molecule has 0 aliphatic carbocycles. The maximum absolute atomic E-state index is 12.7. The van der Waals surface area contributed by atoms with Crippen LogP contribution in [-0.4, -0.2) is 55.0 Å². The summed E-state index contributed by atoms with van der Waals surface area (Å²) in [5.74, 6) is 0.588. The van der Waals surface area contributed by atoms with E-state index in [1.165, 1.54) is 10.7 Å². The summed E-state index contributed by atoms with van der Waals surface area (Å²) in [5, 5.41) is 25.6. The SMILES string of the molecule is O=C(Nc1ccccn1)c1cnc2ccc(-c3cccc(OC[C@H](O)CO)c3)nn12. The molecule has 1 atom stereocenters. The maximum atomic E-state index is 12.7. The first-order valence-electron chi connectivity index (χ1n) is 9.23. The Morgan fingerprint density at radius 1 is 1.13 bits per heavy atom. The number of hydrogen-bond acceptors (Lipinski definition) is 7. The smallest absolute Gasteiger partial charge is 0.277 e. The van der Waals surface area contributed by atoms with Gasteiger partial charge in [0.15, 0.2) is 11.3 Å². The van der Waals surface area contributed by atoms with Crippen LogP contribution in [0.2, 0.25) is 0 Å². The first-order valence-corrected chi connectivity index (χ1v) is 9.23. The predicted molar refractivity (Wildman–Crippen MR) is 109 cm³/mol. The molecule has 0 radical (unpaired) electrons. The second-order valence-corrected chi connectivity index (χ2v) is 6.48. The summed E-state index contributed by atoms with van der Waals surface area (Å²) in [6, 6.07) is 16.0. The Labute approximate surface area is 171 Å². The lowest BCUT2D eigenvalue weighted by atomic mass is 10.1. The maximum Gasteiger partial charge on any atom is 0.277 e.